The molecule has 60 heavy (non-hydrogen) atoms. The number of ketones is 3. The summed E-state index contributed by atoms with van der Waals surface area (Å²) in [4.78, 5) is 99.1. The number of carbonyl (C=O) groups is 7. The summed E-state index contributed by atoms with van der Waals surface area (Å²) in [6.45, 7) is -0.460. The van der Waals surface area contributed by atoms with Gasteiger partial charge in [0.1, 0.15) is 22.5 Å². The van der Waals surface area contributed by atoms with Crippen molar-refractivity contribution in [2.75, 3.05) is 26.2 Å². The van der Waals surface area contributed by atoms with E-state index in [1.165, 1.54) is 12.1 Å². The van der Waals surface area contributed by atoms with Crippen LogP contribution in [0.4, 0.5) is 0 Å². The number of nitrogens with zero attached hydrogens (tertiary/aromatic N) is 2. The number of benzene rings is 2. The highest BCUT2D eigenvalue weighted by Crippen LogP contribution is 2.37. The van der Waals surface area contributed by atoms with Crippen molar-refractivity contribution in [2.24, 2.45) is 33.7 Å². The number of phenols is 1. The summed E-state index contributed by atoms with van der Waals surface area (Å²) in [5.41, 5.74) is 35.8. The lowest BCUT2D eigenvalue weighted by Crippen LogP contribution is -2.59. The van der Waals surface area contributed by atoms with Gasteiger partial charge in [-0.05, 0) is 61.8 Å². The van der Waals surface area contributed by atoms with Crippen molar-refractivity contribution >= 4 is 68.5 Å². The van der Waals surface area contributed by atoms with E-state index in [-0.39, 0.29) is 63.4 Å². The Hall–Kier alpha value is -5.10. The predicted octanol–water partition coefficient (Wildman–Crippen LogP) is -2.84. The van der Waals surface area contributed by atoms with Gasteiger partial charge in [0.05, 0.1) is 37.3 Å². The number of rotatable bonds is 16. The number of nitrogens with two attached hydrogens (primary N) is 5. The molecule has 2 unspecified atom stereocenters. The first-order valence-electron chi connectivity index (χ1n) is 19.3. The molecule has 0 saturated carbocycles. The van der Waals surface area contributed by atoms with Gasteiger partial charge in [-0.1, -0.05) is 64.1 Å². The molecular weight excluding hydrogens is 817 g/mol. The molecule has 2 saturated heterocycles. The van der Waals surface area contributed by atoms with Gasteiger partial charge in [0.25, 0.3) is 0 Å². The minimum absolute atomic E-state index is 0.0378. The summed E-state index contributed by atoms with van der Waals surface area (Å²) in [6.07, 6.45) is 0.930. The molecule has 2 aromatic carbocycles. The molecule has 0 bridgehead atoms. The fourth-order valence-corrected chi connectivity index (χ4v) is 9.38. The molecule has 4 amide bonds. The zero-order chi connectivity index (χ0) is 43.8. The van der Waals surface area contributed by atoms with E-state index >= 15 is 0 Å². The standard InChI is InChI=1S/C38H54N12O8S2/c39-30(53)18-26-33(56)37(50-15-5-9-28(50)36(58)47-24(8-4-14-44-38(42)43)35(57)46-20-31(40)54)60-59-34(41)32(55)27(17-22-10-12-23(51)13-11-22)49-48-25(29(52)19-45-26)16-21-6-2-1-3-7-21/h1-3,6-7,10-13,24-28,34,37,45,48-49,51H,4-5,8-9,14-20,41H2,(H2,39,53)(H2,40,54)(H,46,57)(H,47,58)(H4,42,43,44)/t24-,25-,26-,27-,28-,34?,37?/m0/s1. The molecule has 0 spiro atoms. The van der Waals surface area contributed by atoms with E-state index in [9.17, 15) is 38.7 Å². The Labute approximate surface area is 355 Å². The lowest BCUT2D eigenvalue weighted by Gasteiger charge is -2.34. The highest BCUT2D eigenvalue weighted by atomic mass is 33.1. The molecule has 7 atom stereocenters. The van der Waals surface area contributed by atoms with Crippen LogP contribution in [0.1, 0.15) is 43.2 Å². The van der Waals surface area contributed by atoms with Crippen LogP contribution in [0.25, 0.3) is 0 Å². The summed E-state index contributed by atoms with van der Waals surface area (Å²) >= 11 is 0. The van der Waals surface area contributed by atoms with Crippen LogP contribution in [-0.2, 0) is 46.4 Å². The Morgan fingerprint density at radius 2 is 1.53 bits per heavy atom. The number of carbonyl (C=O) groups excluding carboxylic acids is 7. The number of Topliss-reactive ketones (excluding diaryl/α,β-unsaturated/α-hetero) is 3. The molecule has 326 valence electrons. The molecule has 0 aromatic heterocycles. The Balaban J connectivity index is 1.66. The van der Waals surface area contributed by atoms with Crippen LogP contribution in [-0.4, -0.2) is 124 Å². The first-order valence-corrected chi connectivity index (χ1v) is 21.6. The highest BCUT2D eigenvalue weighted by molar-refractivity contribution is 8.77. The smallest absolute Gasteiger partial charge is 0.243 e. The number of hydrazine groups is 1. The predicted molar refractivity (Wildman–Crippen MR) is 227 cm³/mol. The number of aromatic hydroxyl groups is 1. The summed E-state index contributed by atoms with van der Waals surface area (Å²) in [7, 11) is 1.83. The molecular formula is C38H54N12O8S2. The fraction of sp³-hybridized carbons (Fsp3) is 0.474. The topological polar surface area (TPSA) is 346 Å². The Morgan fingerprint density at radius 3 is 2.20 bits per heavy atom. The SMILES string of the molecule is NC(=O)CNC(=O)[C@H](CCCN=C(N)N)NC(=O)[C@@H]1CCCN1C1SSC(N)C(=O)[C@H](Cc2ccc(O)cc2)NN[C@@H](Cc2ccccc2)C(=O)CN[C@@H](CC(N)=O)C1=O. The number of nitrogens with one attached hydrogen (secondary N) is 5. The van der Waals surface area contributed by atoms with Crippen molar-refractivity contribution < 1.29 is 38.7 Å². The van der Waals surface area contributed by atoms with Crippen LogP contribution in [0.5, 0.6) is 5.75 Å². The molecule has 20 nitrogen and oxygen atoms in total. The zero-order valence-corrected chi connectivity index (χ0v) is 34.6. The normalized spacial score (nSPS) is 23.9. The van der Waals surface area contributed by atoms with Crippen LogP contribution in [0.3, 0.4) is 0 Å². The van der Waals surface area contributed by atoms with Crippen LogP contribution < -0.4 is 55.5 Å². The quantitative estimate of drug-likeness (QED) is 0.0350. The Bertz CT molecular complexity index is 1850. The molecule has 2 fully saturated rings. The van der Waals surface area contributed by atoms with E-state index in [4.69, 9.17) is 28.7 Å². The maximum Gasteiger partial charge on any atom is 0.243 e. The number of guanidine groups is 1. The van der Waals surface area contributed by atoms with E-state index in [0.29, 0.717) is 12.0 Å². The number of hydrogen-bond donors (Lipinski definition) is 11. The van der Waals surface area contributed by atoms with Gasteiger partial charge in [-0.15, -0.1) is 0 Å². The van der Waals surface area contributed by atoms with Crippen LogP contribution in [0.15, 0.2) is 59.6 Å². The van der Waals surface area contributed by atoms with Gasteiger partial charge < -0.3 is 44.4 Å². The third kappa shape index (κ3) is 14.9. The van der Waals surface area contributed by atoms with Crippen LogP contribution in [0, 0.1) is 0 Å². The van der Waals surface area contributed by atoms with Crippen molar-refractivity contribution in [3.63, 3.8) is 0 Å². The molecule has 2 aliphatic rings. The number of likely N-dealkylation sites (tertiary alicyclic amines) is 1. The maximum atomic E-state index is 14.6. The molecule has 16 N–H and O–H groups in total. The first-order chi connectivity index (χ1) is 28.6. The number of hydrogen-bond acceptors (Lipinski definition) is 16. The summed E-state index contributed by atoms with van der Waals surface area (Å²) in [6, 6.07) is 10.1. The number of phenolic OH excluding ortho intramolecular Hbond substituents is 1. The van der Waals surface area contributed by atoms with Gasteiger partial charge in [0, 0.05) is 19.5 Å². The minimum Gasteiger partial charge on any atom is -0.508 e. The van der Waals surface area contributed by atoms with Crippen LogP contribution in [0.2, 0.25) is 0 Å². The molecule has 22 heteroatoms. The average Bonchev–Trinajstić information content (AvgIpc) is 3.70. The van der Waals surface area contributed by atoms with Gasteiger partial charge in [-0.3, -0.25) is 48.8 Å². The van der Waals surface area contributed by atoms with Crippen molar-refractivity contribution in [3.8, 4) is 5.75 Å². The highest BCUT2D eigenvalue weighted by Gasteiger charge is 2.43. The molecule has 2 heterocycles. The minimum atomic E-state index is -1.28. The van der Waals surface area contributed by atoms with E-state index in [1.807, 2.05) is 30.3 Å². The van der Waals surface area contributed by atoms with E-state index in [2.05, 4.69) is 31.8 Å². The monoisotopic (exact) mass is 870 g/mol. The van der Waals surface area contributed by atoms with Gasteiger partial charge in [0.15, 0.2) is 23.3 Å². The second kappa shape index (κ2) is 23.6. The van der Waals surface area contributed by atoms with E-state index in [0.717, 1.165) is 27.2 Å². The molecule has 2 aromatic rings. The van der Waals surface area contributed by atoms with E-state index in [1.54, 1.807) is 17.0 Å². The first kappa shape index (κ1) is 47.6. The lowest BCUT2D eigenvalue weighted by molar-refractivity contribution is -0.133. The number of primary amides is 2. The molecule has 4 rings (SSSR count). The number of amides is 4. The van der Waals surface area contributed by atoms with Gasteiger partial charge in [0.2, 0.25) is 23.6 Å². The van der Waals surface area contributed by atoms with E-state index < -0.39 is 94.9 Å². The van der Waals surface area contributed by atoms with Crippen molar-refractivity contribution in [3.05, 3.63) is 65.7 Å². The van der Waals surface area contributed by atoms with Gasteiger partial charge in [-0.2, -0.15) is 0 Å². The van der Waals surface area contributed by atoms with Gasteiger partial charge in [-0.25, -0.2) is 10.9 Å². The molecule has 0 radical (unpaired) electrons. The lowest BCUT2D eigenvalue weighted by atomic mass is 10.0. The number of aliphatic imine (C=N–C) groups is 1. The zero-order valence-electron chi connectivity index (χ0n) is 32.9. The molecule has 0 aliphatic carbocycles. The van der Waals surface area contributed by atoms with Crippen LogP contribution >= 0.6 is 21.6 Å². The van der Waals surface area contributed by atoms with Crippen molar-refractivity contribution in [1.82, 2.24) is 31.7 Å². The third-order valence-corrected chi connectivity index (χ3v) is 12.5. The largest absolute Gasteiger partial charge is 0.508 e. The van der Waals surface area contributed by atoms with Gasteiger partial charge >= 0.3 is 0 Å². The summed E-state index contributed by atoms with van der Waals surface area (Å²) in [5, 5.41) is 15.5. The molecule has 2 aliphatic heterocycles. The third-order valence-electron chi connectivity index (χ3n) is 9.78. The summed E-state index contributed by atoms with van der Waals surface area (Å²) < 4.78 is 0. The van der Waals surface area contributed by atoms with Crippen molar-refractivity contribution in [1.29, 1.82) is 0 Å². The average molecular weight is 871 g/mol. The maximum absolute atomic E-state index is 14.6. The van der Waals surface area contributed by atoms with Crippen molar-refractivity contribution in [2.45, 2.75) is 85.9 Å². The summed E-state index contributed by atoms with van der Waals surface area (Å²) in [5.74, 6) is -4.47. The Kier molecular flexibility index (Phi) is 18.7. The second-order valence-corrected chi connectivity index (χ2v) is 16.9. The second-order valence-electron chi connectivity index (χ2n) is 14.4. The Morgan fingerprint density at radius 1 is 0.867 bits per heavy atom. The fourth-order valence-electron chi connectivity index (χ4n) is 6.69.